The minimum atomic E-state index is -0.407. The van der Waals surface area contributed by atoms with Gasteiger partial charge in [0.1, 0.15) is 11.5 Å². The zero-order chi connectivity index (χ0) is 21.7. The Bertz CT molecular complexity index is 1010. The second-order valence-corrected chi connectivity index (χ2v) is 7.64. The molecular weight excluding hydrogens is 428 g/mol. The van der Waals surface area contributed by atoms with Crippen LogP contribution in [-0.4, -0.2) is 49.3 Å². The molecule has 0 bridgehead atoms. The Hall–Kier alpha value is -2.97. The van der Waals surface area contributed by atoms with Gasteiger partial charge in [0.15, 0.2) is 0 Å². The van der Waals surface area contributed by atoms with Crippen LogP contribution in [0, 0.1) is 0 Å². The van der Waals surface area contributed by atoms with Gasteiger partial charge in [-0.2, -0.15) is 0 Å². The number of rotatable bonds is 7. The van der Waals surface area contributed by atoms with E-state index in [-0.39, 0.29) is 23.9 Å². The van der Waals surface area contributed by atoms with Crippen molar-refractivity contribution in [3.05, 3.63) is 63.5 Å². The molecule has 1 heterocycles. The van der Waals surface area contributed by atoms with Crippen molar-refractivity contribution in [3.63, 3.8) is 0 Å². The van der Waals surface area contributed by atoms with E-state index < -0.39 is 11.8 Å². The molecule has 2 aromatic rings. The third kappa shape index (κ3) is 4.95. The van der Waals surface area contributed by atoms with Gasteiger partial charge in [-0.15, -0.1) is 0 Å². The molecule has 1 N–H and O–H groups in total. The molecule has 30 heavy (non-hydrogen) atoms. The van der Waals surface area contributed by atoms with Crippen molar-refractivity contribution in [1.29, 1.82) is 0 Å². The van der Waals surface area contributed by atoms with Gasteiger partial charge >= 0.3 is 0 Å². The predicted molar refractivity (Wildman–Crippen MR) is 116 cm³/mol. The third-order valence-corrected chi connectivity index (χ3v) is 5.46. The van der Waals surface area contributed by atoms with Crippen LogP contribution in [0.5, 0.6) is 11.5 Å². The van der Waals surface area contributed by atoms with Gasteiger partial charge in [-0.05, 0) is 53.7 Å². The number of thioether (sulfide) groups is 1. The first-order valence-electron chi connectivity index (χ1n) is 8.94. The smallest absolute Gasteiger partial charge is 0.293 e. The van der Waals surface area contributed by atoms with E-state index in [1.165, 1.54) is 13.2 Å². The number of ether oxygens (including phenoxy) is 2. The Morgan fingerprint density at radius 3 is 2.53 bits per heavy atom. The van der Waals surface area contributed by atoms with E-state index in [1.54, 1.807) is 49.6 Å². The molecule has 0 saturated carbocycles. The van der Waals surface area contributed by atoms with Crippen LogP contribution in [0.3, 0.4) is 0 Å². The van der Waals surface area contributed by atoms with E-state index in [1.807, 2.05) is 0 Å². The van der Waals surface area contributed by atoms with Crippen LogP contribution in [0.2, 0.25) is 5.02 Å². The minimum absolute atomic E-state index is 0.0548. The van der Waals surface area contributed by atoms with E-state index in [9.17, 15) is 14.4 Å². The van der Waals surface area contributed by atoms with Gasteiger partial charge in [0.25, 0.3) is 17.1 Å². The molecule has 1 saturated heterocycles. The van der Waals surface area contributed by atoms with Crippen LogP contribution in [0.4, 0.5) is 4.79 Å². The largest absolute Gasteiger partial charge is 0.497 e. The molecular formula is C21H19ClN2O5S. The average molecular weight is 447 g/mol. The standard InChI is InChI=1S/C21H19ClN2O5S/c1-28-15-6-3-13(4-7-15)11-18-20(26)24(21(27)30-18)10-9-23-19(25)16-12-14(22)5-8-17(16)29-2/h3-8,11-12H,9-10H2,1-2H3,(H,23,25)/b18-11+. The maximum absolute atomic E-state index is 12.6. The Labute approximate surface area is 183 Å². The van der Waals surface area contributed by atoms with Gasteiger partial charge in [0.05, 0.1) is 24.7 Å². The topological polar surface area (TPSA) is 84.9 Å². The molecule has 0 radical (unpaired) electrons. The highest BCUT2D eigenvalue weighted by Crippen LogP contribution is 2.32. The van der Waals surface area contributed by atoms with Crippen LogP contribution in [-0.2, 0) is 4.79 Å². The van der Waals surface area contributed by atoms with E-state index in [0.29, 0.717) is 21.4 Å². The zero-order valence-electron chi connectivity index (χ0n) is 16.3. The summed E-state index contributed by atoms with van der Waals surface area (Å²) in [6.07, 6.45) is 1.65. The summed E-state index contributed by atoms with van der Waals surface area (Å²) in [6.45, 7) is 0.154. The maximum atomic E-state index is 12.6. The van der Waals surface area contributed by atoms with Crippen LogP contribution in [0.1, 0.15) is 15.9 Å². The zero-order valence-corrected chi connectivity index (χ0v) is 17.9. The van der Waals surface area contributed by atoms with Crippen LogP contribution >= 0.6 is 23.4 Å². The van der Waals surface area contributed by atoms with Crippen LogP contribution in [0.15, 0.2) is 47.4 Å². The number of nitrogens with one attached hydrogen (secondary N) is 1. The molecule has 0 atom stereocenters. The molecule has 3 rings (SSSR count). The number of benzene rings is 2. The Kier molecular flexibility index (Phi) is 7.02. The van der Waals surface area contributed by atoms with Crippen molar-refractivity contribution >= 4 is 46.5 Å². The van der Waals surface area contributed by atoms with Crippen molar-refractivity contribution in [2.24, 2.45) is 0 Å². The fraction of sp³-hybridized carbons (Fsp3) is 0.190. The molecule has 0 unspecified atom stereocenters. The Morgan fingerprint density at radius 1 is 1.13 bits per heavy atom. The van der Waals surface area contributed by atoms with E-state index >= 15 is 0 Å². The number of imide groups is 1. The molecule has 2 aromatic carbocycles. The van der Waals surface area contributed by atoms with Crippen molar-refractivity contribution in [1.82, 2.24) is 10.2 Å². The van der Waals surface area contributed by atoms with Crippen LogP contribution < -0.4 is 14.8 Å². The molecule has 9 heteroatoms. The number of hydrogen-bond donors (Lipinski definition) is 1. The number of hydrogen-bond acceptors (Lipinski definition) is 6. The number of halogens is 1. The SMILES string of the molecule is COc1ccc(/C=C2/SC(=O)N(CCNC(=O)c3cc(Cl)ccc3OC)C2=O)cc1. The monoisotopic (exact) mass is 446 g/mol. The van der Waals surface area contributed by atoms with Gasteiger partial charge in [0, 0.05) is 18.1 Å². The molecule has 0 aliphatic carbocycles. The quantitative estimate of drug-likeness (QED) is 0.651. The maximum Gasteiger partial charge on any atom is 0.293 e. The summed E-state index contributed by atoms with van der Waals surface area (Å²) >= 11 is 6.81. The highest BCUT2D eigenvalue weighted by molar-refractivity contribution is 8.18. The van der Waals surface area contributed by atoms with Crippen molar-refractivity contribution < 1.29 is 23.9 Å². The summed E-state index contributed by atoms with van der Waals surface area (Å²) in [5, 5.41) is 2.70. The summed E-state index contributed by atoms with van der Waals surface area (Å²) in [5.41, 5.74) is 1.06. The molecule has 7 nitrogen and oxygen atoms in total. The molecule has 0 aromatic heterocycles. The predicted octanol–water partition coefficient (Wildman–Crippen LogP) is 3.82. The normalized spacial score (nSPS) is 14.9. The average Bonchev–Trinajstić information content (AvgIpc) is 3.01. The summed E-state index contributed by atoms with van der Waals surface area (Å²) < 4.78 is 10.3. The lowest BCUT2D eigenvalue weighted by molar-refractivity contribution is -0.122. The molecule has 1 aliphatic heterocycles. The summed E-state index contributed by atoms with van der Waals surface area (Å²) in [7, 11) is 3.02. The Morgan fingerprint density at radius 2 is 1.87 bits per heavy atom. The molecule has 156 valence electrons. The van der Waals surface area contributed by atoms with E-state index in [0.717, 1.165) is 22.2 Å². The third-order valence-electron chi connectivity index (χ3n) is 4.31. The van der Waals surface area contributed by atoms with Crippen LogP contribution in [0.25, 0.3) is 6.08 Å². The number of methoxy groups -OCH3 is 2. The lowest BCUT2D eigenvalue weighted by Crippen LogP contribution is -2.37. The van der Waals surface area contributed by atoms with E-state index in [4.69, 9.17) is 21.1 Å². The van der Waals surface area contributed by atoms with Crippen molar-refractivity contribution in [2.45, 2.75) is 0 Å². The highest BCUT2D eigenvalue weighted by Gasteiger charge is 2.34. The van der Waals surface area contributed by atoms with Gasteiger partial charge < -0.3 is 14.8 Å². The summed E-state index contributed by atoms with van der Waals surface area (Å²) in [6, 6.07) is 11.8. The minimum Gasteiger partial charge on any atom is -0.497 e. The molecule has 0 spiro atoms. The first-order chi connectivity index (χ1) is 14.4. The lowest BCUT2D eigenvalue weighted by atomic mass is 10.2. The van der Waals surface area contributed by atoms with Gasteiger partial charge in [-0.3, -0.25) is 19.3 Å². The first kappa shape index (κ1) is 21.7. The van der Waals surface area contributed by atoms with Gasteiger partial charge in [-0.1, -0.05) is 23.7 Å². The van der Waals surface area contributed by atoms with Gasteiger partial charge in [0.2, 0.25) is 0 Å². The fourth-order valence-corrected chi connectivity index (χ4v) is 3.82. The second-order valence-electron chi connectivity index (χ2n) is 6.21. The molecule has 1 fully saturated rings. The van der Waals surface area contributed by atoms with E-state index in [2.05, 4.69) is 5.32 Å². The number of carbonyl (C=O) groups excluding carboxylic acids is 3. The first-order valence-corrected chi connectivity index (χ1v) is 10.1. The summed E-state index contributed by atoms with van der Waals surface area (Å²) in [4.78, 5) is 38.6. The van der Waals surface area contributed by atoms with Gasteiger partial charge in [-0.25, -0.2) is 0 Å². The molecule has 3 amide bonds. The number of nitrogens with zero attached hydrogens (tertiary/aromatic N) is 1. The second kappa shape index (κ2) is 9.69. The number of amides is 3. The lowest BCUT2D eigenvalue weighted by Gasteiger charge is -2.14. The molecule has 1 aliphatic rings. The highest BCUT2D eigenvalue weighted by atomic mass is 35.5. The fourth-order valence-electron chi connectivity index (χ4n) is 2.78. The summed E-state index contributed by atoms with van der Waals surface area (Å²) in [5.74, 6) is 0.281. The van der Waals surface area contributed by atoms with Crippen molar-refractivity contribution in [2.75, 3.05) is 27.3 Å². The Balaban J connectivity index is 1.61. The van der Waals surface area contributed by atoms with Crippen molar-refractivity contribution in [3.8, 4) is 11.5 Å². The number of carbonyl (C=O) groups is 3.